The Morgan fingerprint density at radius 2 is 2.12 bits per heavy atom. The van der Waals surface area contributed by atoms with Gasteiger partial charge in [-0.25, -0.2) is 18.4 Å². The Morgan fingerprint density at radius 3 is 2.88 bits per heavy atom. The van der Waals surface area contributed by atoms with E-state index in [2.05, 4.69) is 15.0 Å². The number of nitrogens with zero attached hydrogens (tertiary/aromatic N) is 4. The number of halogens is 1. The largest absolute Gasteiger partial charge is 0.335 e. The number of imidazole rings is 1. The first-order chi connectivity index (χ1) is 11.5. The van der Waals surface area contributed by atoms with E-state index in [0.29, 0.717) is 28.3 Å². The van der Waals surface area contributed by atoms with Gasteiger partial charge >= 0.3 is 0 Å². The van der Waals surface area contributed by atoms with Crippen molar-refractivity contribution in [3.63, 3.8) is 0 Å². The molecule has 1 N–H and O–H groups in total. The summed E-state index contributed by atoms with van der Waals surface area (Å²) in [6.07, 6.45) is 4.40. The summed E-state index contributed by atoms with van der Waals surface area (Å²) in [5.74, 6) is 0. The van der Waals surface area contributed by atoms with Crippen LogP contribution in [0.5, 0.6) is 0 Å². The molecule has 24 heavy (non-hydrogen) atoms. The summed E-state index contributed by atoms with van der Waals surface area (Å²) < 4.78 is 27.8. The molecule has 0 bridgehead atoms. The molecule has 1 aliphatic heterocycles. The lowest BCUT2D eigenvalue weighted by Gasteiger charge is -2.26. The molecular weight excluding hydrogens is 354 g/mol. The summed E-state index contributed by atoms with van der Waals surface area (Å²) in [6, 6.07) is 3.32. The molecule has 0 radical (unpaired) electrons. The lowest BCUT2D eigenvalue weighted by molar-refractivity contribution is 0.384. The average Bonchev–Trinajstić information content (AvgIpc) is 3.11. The number of fused-ring (bicyclic) bond motifs is 2. The molecule has 0 saturated heterocycles. The van der Waals surface area contributed by atoms with E-state index in [1.54, 1.807) is 12.1 Å². The number of hydrogen-bond acceptors (Lipinski definition) is 5. The third kappa shape index (κ3) is 2.32. The smallest absolute Gasteiger partial charge is 0.262 e. The van der Waals surface area contributed by atoms with E-state index in [1.165, 1.54) is 27.4 Å². The normalized spacial score (nSPS) is 15.5. The first-order valence-electron chi connectivity index (χ1n) is 7.15. The van der Waals surface area contributed by atoms with Gasteiger partial charge in [-0.2, -0.15) is 4.31 Å². The zero-order valence-electron chi connectivity index (χ0n) is 12.3. The van der Waals surface area contributed by atoms with Gasteiger partial charge < -0.3 is 4.98 Å². The molecule has 4 rings (SSSR count). The van der Waals surface area contributed by atoms with Crippen LogP contribution in [0.25, 0.3) is 5.65 Å². The van der Waals surface area contributed by atoms with Crippen molar-refractivity contribution >= 4 is 27.3 Å². The van der Waals surface area contributed by atoms with Crippen molar-refractivity contribution in [2.75, 3.05) is 6.54 Å². The van der Waals surface area contributed by atoms with Gasteiger partial charge in [0.05, 0.1) is 28.8 Å². The van der Waals surface area contributed by atoms with E-state index >= 15 is 0 Å². The van der Waals surface area contributed by atoms with Crippen LogP contribution in [0.1, 0.15) is 11.3 Å². The standard InChI is InChI=1S/C14H12ClN5O3S/c15-9-1-2-12-18-11-3-4-19(7-10(11)14(21)20(12)6-9)24(22,23)13-5-16-8-17-13/h1-2,5-6,8H,3-4,7H2,(H,16,17). The van der Waals surface area contributed by atoms with Gasteiger partial charge in [0, 0.05) is 25.7 Å². The number of aromatic amines is 1. The lowest BCUT2D eigenvalue weighted by atomic mass is 10.1. The zero-order valence-corrected chi connectivity index (χ0v) is 13.9. The summed E-state index contributed by atoms with van der Waals surface area (Å²) in [7, 11) is -3.73. The van der Waals surface area contributed by atoms with E-state index in [1.807, 2.05) is 0 Å². The summed E-state index contributed by atoms with van der Waals surface area (Å²) in [6.45, 7) is 0.225. The van der Waals surface area contributed by atoms with Crippen molar-refractivity contribution in [2.45, 2.75) is 18.0 Å². The van der Waals surface area contributed by atoms with Crippen molar-refractivity contribution in [3.8, 4) is 0 Å². The molecule has 124 valence electrons. The van der Waals surface area contributed by atoms with Crippen LogP contribution >= 0.6 is 11.6 Å². The van der Waals surface area contributed by atoms with E-state index in [4.69, 9.17) is 11.6 Å². The maximum atomic E-state index is 12.7. The first kappa shape index (κ1) is 15.3. The van der Waals surface area contributed by atoms with Crippen LogP contribution in [-0.2, 0) is 23.0 Å². The molecule has 4 heterocycles. The molecule has 0 fully saturated rings. The molecule has 0 saturated carbocycles. The number of sulfonamides is 1. The maximum absolute atomic E-state index is 12.7. The molecule has 0 aliphatic carbocycles. The molecule has 8 nitrogen and oxygen atoms in total. The molecule has 1 aliphatic rings. The number of rotatable bonds is 2. The minimum atomic E-state index is -3.73. The van der Waals surface area contributed by atoms with E-state index in [9.17, 15) is 13.2 Å². The van der Waals surface area contributed by atoms with Crippen molar-refractivity contribution in [1.82, 2.24) is 23.7 Å². The van der Waals surface area contributed by atoms with Crippen LogP contribution in [-0.4, -0.2) is 38.6 Å². The van der Waals surface area contributed by atoms with Crippen LogP contribution < -0.4 is 5.56 Å². The molecule has 3 aromatic heterocycles. The highest BCUT2D eigenvalue weighted by atomic mass is 35.5. The maximum Gasteiger partial charge on any atom is 0.262 e. The third-order valence-electron chi connectivity index (χ3n) is 3.99. The average molecular weight is 366 g/mol. The number of pyridine rings is 1. The van der Waals surface area contributed by atoms with Gasteiger partial charge in [0.2, 0.25) is 0 Å². The SMILES string of the molecule is O=c1c2c(nc3ccc(Cl)cn13)CCN(S(=O)(=O)c1cnc[nH]1)C2. The van der Waals surface area contributed by atoms with Crippen LogP contribution in [0, 0.1) is 0 Å². The molecule has 0 spiro atoms. The Bertz CT molecular complexity index is 1090. The molecule has 0 aromatic carbocycles. The first-order valence-corrected chi connectivity index (χ1v) is 8.97. The predicted molar refractivity (Wildman–Crippen MR) is 86.4 cm³/mol. The highest BCUT2D eigenvalue weighted by Gasteiger charge is 2.31. The fourth-order valence-electron chi connectivity index (χ4n) is 2.78. The fraction of sp³-hybridized carbons (Fsp3) is 0.214. The van der Waals surface area contributed by atoms with Gasteiger partial charge in [0.25, 0.3) is 15.6 Å². The van der Waals surface area contributed by atoms with Crippen LogP contribution in [0.2, 0.25) is 5.02 Å². The number of aromatic nitrogens is 4. The second-order valence-electron chi connectivity index (χ2n) is 5.42. The topological polar surface area (TPSA) is 100 Å². The van der Waals surface area contributed by atoms with Gasteiger partial charge in [-0.05, 0) is 12.1 Å². The Morgan fingerprint density at radius 1 is 1.29 bits per heavy atom. The van der Waals surface area contributed by atoms with E-state index in [0.717, 1.165) is 0 Å². The number of nitrogens with one attached hydrogen (secondary N) is 1. The lowest BCUT2D eigenvalue weighted by Crippen LogP contribution is -2.40. The van der Waals surface area contributed by atoms with Crippen molar-refractivity contribution in [2.24, 2.45) is 0 Å². The molecular formula is C14H12ClN5O3S. The van der Waals surface area contributed by atoms with Gasteiger partial charge in [0.15, 0.2) is 5.03 Å². The van der Waals surface area contributed by atoms with Crippen LogP contribution in [0.4, 0.5) is 0 Å². The van der Waals surface area contributed by atoms with Crippen LogP contribution in [0.3, 0.4) is 0 Å². The van der Waals surface area contributed by atoms with Gasteiger partial charge in [-0.15, -0.1) is 0 Å². The molecule has 0 unspecified atom stereocenters. The summed E-state index contributed by atoms with van der Waals surface area (Å²) in [4.78, 5) is 23.5. The van der Waals surface area contributed by atoms with Crippen LogP contribution in [0.15, 0.2) is 40.7 Å². The van der Waals surface area contributed by atoms with Crippen molar-refractivity contribution in [1.29, 1.82) is 0 Å². The Labute approximate surface area is 141 Å². The number of H-pyrrole nitrogens is 1. The Kier molecular flexibility index (Phi) is 3.44. The monoisotopic (exact) mass is 365 g/mol. The zero-order chi connectivity index (χ0) is 16.9. The Balaban J connectivity index is 1.82. The minimum Gasteiger partial charge on any atom is -0.335 e. The van der Waals surface area contributed by atoms with E-state index in [-0.39, 0.29) is 23.7 Å². The van der Waals surface area contributed by atoms with Gasteiger partial charge in [0.1, 0.15) is 5.65 Å². The van der Waals surface area contributed by atoms with Crippen molar-refractivity contribution < 1.29 is 8.42 Å². The summed E-state index contributed by atoms with van der Waals surface area (Å²) in [5, 5.41) is 0.409. The second-order valence-corrected chi connectivity index (χ2v) is 7.76. The summed E-state index contributed by atoms with van der Waals surface area (Å²) >= 11 is 5.94. The van der Waals surface area contributed by atoms with Gasteiger partial charge in [-0.3, -0.25) is 9.20 Å². The molecule has 3 aromatic rings. The molecule has 10 heteroatoms. The second kappa shape index (κ2) is 5.40. The third-order valence-corrected chi connectivity index (χ3v) is 5.98. The van der Waals surface area contributed by atoms with Crippen molar-refractivity contribution in [3.05, 3.63) is 57.5 Å². The number of hydrogen-bond donors (Lipinski definition) is 1. The fourth-order valence-corrected chi connectivity index (χ4v) is 4.24. The predicted octanol–water partition coefficient (Wildman–Crippen LogP) is 0.818. The molecule has 0 amide bonds. The molecule has 0 atom stereocenters. The quantitative estimate of drug-likeness (QED) is 0.724. The Hall–Kier alpha value is -2.23. The summed E-state index contributed by atoms with van der Waals surface area (Å²) in [5.41, 5.74) is 1.18. The minimum absolute atomic E-state index is 0.00263. The highest BCUT2D eigenvalue weighted by molar-refractivity contribution is 7.89. The van der Waals surface area contributed by atoms with E-state index < -0.39 is 10.0 Å². The van der Waals surface area contributed by atoms with Gasteiger partial charge in [-0.1, -0.05) is 11.6 Å². The highest BCUT2D eigenvalue weighted by Crippen LogP contribution is 2.22.